The van der Waals surface area contributed by atoms with Crippen molar-refractivity contribution in [2.45, 2.75) is 13.1 Å². The Hall–Kier alpha value is -1.59. The molecule has 0 atom stereocenters. The molecule has 0 N–H and O–H groups in total. The summed E-state index contributed by atoms with van der Waals surface area (Å²) in [4.78, 5) is 12.1. The smallest absolute Gasteiger partial charge is 0.365 e. The van der Waals surface area contributed by atoms with Crippen LogP contribution in [-0.4, -0.2) is 25.6 Å². The van der Waals surface area contributed by atoms with Gasteiger partial charge in [0.05, 0.1) is 0 Å². The van der Waals surface area contributed by atoms with E-state index >= 15 is 0 Å². The second kappa shape index (κ2) is 4.73. The molecule has 1 rings (SSSR count). The Morgan fingerprint density at radius 3 is 2.41 bits per heavy atom. The number of benzene rings is 1. The topological polar surface area (TPSA) is 20.3 Å². The van der Waals surface area contributed by atoms with E-state index in [1.165, 1.54) is 14.0 Å². The van der Waals surface area contributed by atoms with Crippen LogP contribution in [0.5, 0.6) is 0 Å². The number of Topliss-reactive ketones (excluding diaryl/α,β-unsaturated/α-hetero) is 1. The Morgan fingerprint density at radius 1 is 1.35 bits per heavy atom. The van der Waals surface area contributed by atoms with Gasteiger partial charge < -0.3 is 4.90 Å². The fourth-order valence-corrected chi connectivity index (χ4v) is 1.48. The monoisotopic (exact) mass is 249 g/mol. The van der Waals surface area contributed by atoms with Gasteiger partial charge in [-0.3, -0.25) is 4.79 Å². The van der Waals surface area contributed by atoms with Crippen LogP contribution in [0.1, 0.15) is 17.3 Å². The van der Waals surface area contributed by atoms with Crippen LogP contribution in [0.3, 0.4) is 0 Å². The molecule has 0 amide bonds. The Morgan fingerprint density at radius 2 is 1.94 bits per heavy atom. The highest BCUT2D eigenvalue weighted by molar-refractivity contribution is 5.99. The number of hydrogen-bond acceptors (Lipinski definition) is 2. The number of ketones is 1. The van der Waals surface area contributed by atoms with Crippen LogP contribution in [0, 0.1) is 5.82 Å². The Kier molecular flexibility index (Phi) is 3.75. The summed E-state index contributed by atoms with van der Waals surface area (Å²) in [5.41, 5.74) is 0.00738. The van der Waals surface area contributed by atoms with E-state index < -0.39 is 24.3 Å². The van der Waals surface area contributed by atoms with E-state index in [0.717, 1.165) is 23.1 Å². The zero-order valence-electron chi connectivity index (χ0n) is 9.31. The van der Waals surface area contributed by atoms with E-state index in [9.17, 15) is 22.4 Å². The van der Waals surface area contributed by atoms with Crippen LogP contribution < -0.4 is 4.90 Å². The Balaban J connectivity index is 3.09. The summed E-state index contributed by atoms with van der Waals surface area (Å²) in [7, 11) is 1.20. The van der Waals surface area contributed by atoms with E-state index in [1.54, 1.807) is 0 Å². The maximum atomic E-state index is 12.9. The van der Waals surface area contributed by atoms with Crippen molar-refractivity contribution in [3.63, 3.8) is 0 Å². The van der Waals surface area contributed by atoms with Crippen LogP contribution in [0.15, 0.2) is 18.2 Å². The van der Waals surface area contributed by atoms with Gasteiger partial charge in [0.15, 0.2) is 5.78 Å². The average molecular weight is 249 g/mol. The molecule has 0 aliphatic rings. The minimum absolute atomic E-state index is 0.0586. The number of hydrogen-bond donors (Lipinski definition) is 0. The van der Waals surface area contributed by atoms with Crippen molar-refractivity contribution < 1.29 is 22.4 Å². The molecule has 0 aliphatic carbocycles. The van der Waals surface area contributed by atoms with E-state index in [-0.39, 0.29) is 11.3 Å². The van der Waals surface area contributed by atoms with E-state index in [4.69, 9.17) is 0 Å². The summed E-state index contributed by atoms with van der Waals surface area (Å²) in [5.74, 6) is -1.13. The number of nitrogens with zero attached hydrogens (tertiary/aromatic N) is 1. The lowest BCUT2D eigenvalue weighted by Gasteiger charge is -2.22. The number of anilines is 1. The summed E-state index contributed by atoms with van der Waals surface area (Å²) in [6.45, 7) is -0.0153. The molecule has 0 fully saturated rings. The third kappa shape index (κ3) is 3.72. The van der Waals surface area contributed by atoms with Crippen molar-refractivity contribution in [3.8, 4) is 0 Å². The molecule has 0 aliphatic heterocycles. The van der Waals surface area contributed by atoms with Crippen molar-refractivity contribution in [2.24, 2.45) is 0 Å². The Bertz CT molecular complexity index is 428. The first-order chi connectivity index (χ1) is 7.70. The number of halogens is 4. The van der Waals surface area contributed by atoms with Gasteiger partial charge in [0.25, 0.3) is 0 Å². The van der Waals surface area contributed by atoms with Gasteiger partial charge in [0.2, 0.25) is 0 Å². The number of alkyl halides is 3. The fraction of sp³-hybridized carbons (Fsp3) is 0.364. The molecule has 17 heavy (non-hydrogen) atoms. The largest absolute Gasteiger partial charge is 0.405 e. The number of carbonyl (C=O) groups excluding carboxylic acids is 1. The van der Waals surface area contributed by atoms with Gasteiger partial charge >= 0.3 is 6.18 Å². The maximum absolute atomic E-state index is 12.9. The first kappa shape index (κ1) is 13.5. The molecule has 0 spiro atoms. The van der Waals surface area contributed by atoms with Gasteiger partial charge in [-0.2, -0.15) is 13.2 Å². The molecule has 0 saturated heterocycles. The summed E-state index contributed by atoms with van der Waals surface area (Å²) >= 11 is 0. The normalized spacial score (nSPS) is 11.4. The summed E-state index contributed by atoms with van der Waals surface area (Å²) in [6, 6.07) is 3.12. The highest BCUT2D eigenvalue weighted by Crippen LogP contribution is 2.25. The predicted molar refractivity (Wildman–Crippen MR) is 55.7 cm³/mol. The van der Waals surface area contributed by atoms with E-state index in [0.29, 0.717) is 0 Å². The number of carbonyl (C=O) groups is 1. The molecule has 94 valence electrons. The number of rotatable bonds is 3. The molecule has 0 bridgehead atoms. The molecular weight excluding hydrogens is 238 g/mol. The van der Waals surface area contributed by atoms with Crippen molar-refractivity contribution in [1.29, 1.82) is 0 Å². The fourth-order valence-electron chi connectivity index (χ4n) is 1.48. The van der Waals surface area contributed by atoms with Crippen LogP contribution in [0.2, 0.25) is 0 Å². The van der Waals surface area contributed by atoms with Gasteiger partial charge in [-0.15, -0.1) is 0 Å². The van der Waals surface area contributed by atoms with Crippen molar-refractivity contribution >= 4 is 11.5 Å². The molecule has 0 radical (unpaired) electrons. The van der Waals surface area contributed by atoms with Crippen LogP contribution >= 0.6 is 0 Å². The second-order valence-electron chi connectivity index (χ2n) is 3.69. The molecule has 1 aromatic rings. The van der Waals surface area contributed by atoms with E-state index in [2.05, 4.69) is 0 Å². The van der Waals surface area contributed by atoms with Crippen molar-refractivity contribution in [3.05, 3.63) is 29.6 Å². The van der Waals surface area contributed by atoms with Gasteiger partial charge in [-0.05, 0) is 25.1 Å². The molecule has 0 saturated carbocycles. The standard InChI is InChI=1S/C11H11F4NO/c1-7(17)9-5-8(12)3-4-10(9)16(2)6-11(13,14)15/h3-5H,6H2,1-2H3. The quantitative estimate of drug-likeness (QED) is 0.606. The molecular formula is C11H11F4NO. The highest BCUT2D eigenvalue weighted by atomic mass is 19.4. The van der Waals surface area contributed by atoms with Gasteiger partial charge in [-0.1, -0.05) is 0 Å². The molecule has 2 nitrogen and oxygen atoms in total. The summed E-state index contributed by atoms with van der Waals surface area (Å²) in [6.07, 6.45) is -4.38. The van der Waals surface area contributed by atoms with Gasteiger partial charge in [0, 0.05) is 18.3 Å². The highest BCUT2D eigenvalue weighted by Gasteiger charge is 2.30. The summed E-state index contributed by atoms with van der Waals surface area (Å²) < 4.78 is 49.5. The molecule has 1 aromatic carbocycles. The molecule has 0 heterocycles. The van der Waals surface area contributed by atoms with Gasteiger partial charge in [0.1, 0.15) is 12.4 Å². The molecule has 6 heteroatoms. The van der Waals surface area contributed by atoms with Crippen molar-refractivity contribution in [2.75, 3.05) is 18.5 Å². The molecule has 0 aromatic heterocycles. The second-order valence-corrected chi connectivity index (χ2v) is 3.69. The third-order valence-electron chi connectivity index (χ3n) is 2.17. The van der Waals surface area contributed by atoms with Crippen LogP contribution in [0.4, 0.5) is 23.2 Å². The van der Waals surface area contributed by atoms with Crippen molar-refractivity contribution in [1.82, 2.24) is 0 Å². The zero-order chi connectivity index (χ0) is 13.2. The zero-order valence-corrected chi connectivity index (χ0v) is 9.31. The van der Waals surface area contributed by atoms with Crippen LogP contribution in [0.25, 0.3) is 0 Å². The Labute approximate surface area is 95.8 Å². The lowest BCUT2D eigenvalue weighted by atomic mass is 10.1. The maximum Gasteiger partial charge on any atom is 0.405 e. The SMILES string of the molecule is CC(=O)c1cc(F)ccc1N(C)CC(F)(F)F. The van der Waals surface area contributed by atoms with Crippen LogP contribution in [-0.2, 0) is 0 Å². The average Bonchev–Trinajstić information content (AvgIpc) is 2.14. The predicted octanol–water partition coefficient (Wildman–Crippen LogP) is 3.03. The lowest BCUT2D eigenvalue weighted by molar-refractivity contribution is -0.119. The lowest BCUT2D eigenvalue weighted by Crippen LogP contribution is -2.31. The van der Waals surface area contributed by atoms with Gasteiger partial charge in [-0.25, -0.2) is 4.39 Å². The minimum Gasteiger partial charge on any atom is -0.365 e. The first-order valence-electron chi connectivity index (χ1n) is 4.79. The molecule has 0 unspecified atom stereocenters. The first-order valence-corrected chi connectivity index (χ1v) is 4.79. The summed E-state index contributed by atoms with van der Waals surface area (Å²) in [5, 5.41) is 0. The van der Waals surface area contributed by atoms with E-state index in [1.807, 2.05) is 0 Å². The third-order valence-corrected chi connectivity index (χ3v) is 2.17. The minimum atomic E-state index is -4.38.